The molecule has 1 amide bonds. The van der Waals surface area contributed by atoms with Gasteiger partial charge in [-0.2, -0.15) is 0 Å². The molecule has 3 unspecified atom stereocenters. The predicted octanol–water partition coefficient (Wildman–Crippen LogP) is 8.18. The fourth-order valence-electron chi connectivity index (χ4n) is 4.92. The van der Waals surface area contributed by atoms with Crippen LogP contribution in [0.4, 0.5) is 0 Å². The van der Waals surface area contributed by atoms with E-state index in [0.717, 1.165) is 49.8 Å². The van der Waals surface area contributed by atoms with Crippen LogP contribution < -0.4 is 10.1 Å². The lowest BCUT2D eigenvalue weighted by atomic mass is 9.99. The Balaban J connectivity index is 1.32. The van der Waals surface area contributed by atoms with Gasteiger partial charge in [0.05, 0.1) is 25.9 Å². The first-order valence-corrected chi connectivity index (χ1v) is 16.2. The van der Waals surface area contributed by atoms with Crippen molar-refractivity contribution in [3.05, 3.63) is 119 Å². The van der Waals surface area contributed by atoms with Gasteiger partial charge in [-0.1, -0.05) is 114 Å². The molecule has 0 radical (unpaired) electrons. The number of hydrogen-bond acceptors (Lipinski definition) is 6. The zero-order valence-electron chi connectivity index (χ0n) is 23.9. The molecule has 3 atom stereocenters. The van der Waals surface area contributed by atoms with E-state index in [1.54, 1.807) is 18.9 Å². The quantitative estimate of drug-likeness (QED) is 0.131. The van der Waals surface area contributed by atoms with Crippen LogP contribution in [0.5, 0.6) is 5.75 Å². The summed E-state index contributed by atoms with van der Waals surface area (Å²) < 4.78 is 16.6. The number of aliphatic hydroxyl groups excluding tert-OH is 1. The summed E-state index contributed by atoms with van der Waals surface area (Å²) in [4.78, 5) is 13.0. The molecule has 6 nitrogen and oxygen atoms in total. The molecule has 1 aliphatic rings. The Labute approximate surface area is 276 Å². The second-order valence-corrected chi connectivity index (χ2v) is 13.7. The van der Waals surface area contributed by atoms with Crippen LogP contribution in [0.25, 0.3) is 11.1 Å². The molecule has 4 aromatic carbocycles. The van der Waals surface area contributed by atoms with Crippen LogP contribution in [0.2, 0.25) is 0 Å². The molecule has 0 bridgehead atoms. The molecule has 0 spiro atoms. The Morgan fingerprint density at radius 1 is 0.909 bits per heavy atom. The number of carbonyl (C=O) groups is 1. The number of thioether (sulfide) groups is 1. The molecular formula is C34H32Cl3NO5S. The van der Waals surface area contributed by atoms with Gasteiger partial charge >= 0.3 is 0 Å². The van der Waals surface area contributed by atoms with Crippen molar-refractivity contribution in [2.24, 2.45) is 0 Å². The fraction of sp³-hybridized carbons (Fsp3) is 0.265. The molecule has 5 rings (SSSR count). The second-order valence-electron chi connectivity index (χ2n) is 10.3. The molecule has 1 heterocycles. The minimum atomic E-state index is -2.01. The van der Waals surface area contributed by atoms with Crippen LogP contribution in [0.1, 0.15) is 41.1 Å². The van der Waals surface area contributed by atoms with E-state index in [1.165, 1.54) is 0 Å². The number of carbonyl (C=O) groups excluding carboxylic acids is 1. The number of hydrogen-bond donors (Lipinski definition) is 2. The van der Waals surface area contributed by atoms with Crippen LogP contribution in [0, 0.1) is 0 Å². The molecule has 0 saturated carbocycles. The van der Waals surface area contributed by atoms with Gasteiger partial charge in [0.2, 0.25) is 0 Å². The van der Waals surface area contributed by atoms with Crippen molar-refractivity contribution >= 4 is 52.5 Å². The van der Waals surface area contributed by atoms with E-state index in [9.17, 15) is 9.90 Å². The zero-order chi connectivity index (χ0) is 31.1. The summed E-state index contributed by atoms with van der Waals surface area (Å²) in [5, 5.41) is 12.1. The summed E-state index contributed by atoms with van der Waals surface area (Å²) >= 11 is 18.7. The zero-order valence-corrected chi connectivity index (χ0v) is 27.0. The van der Waals surface area contributed by atoms with E-state index >= 15 is 0 Å². The molecule has 1 aliphatic heterocycles. The molecule has 10 heteroatoms. The molecule has 44 heavy (non-hydrogen) atoms. The average Bonchev–Trinajstić information content (AvgIpc) is 3.06. The van der Waals surface area contributed by atoms with Gasteiger partial charge in [0.25, 0.3) is 9.70 Å². The highest BCUT2D eigenvalue weighted by atomic mass is 35.6. The smallest absolute Gasteiger partial charge is 0.272 e. The van der Waals surface area contributed by atoms with Gasteiger partial charge in [0.15, 0.2) is 6.29 Å². The molecule has 1 saturated heterocycles. The predicted molar refractivity (Wildman–Crippen MR) is 176 cm³/mol. The van der Waals surface area contributed by atoms with Gasteiger partial charge < -0.3 is 24.6 Å². The van der Waals surface area contributed by atoms with Crippen molar-refractivity contribution in [1.29, 1.82) is 0 Å². The van der Waals surface area contributed by atoms with E-state index in [4.69, 9.17) is 49.0 Å². The standard InChI is InChI=1S/C34H32Cl3NO5S/c1-41-29-7-2-3-8-31(29)44-21-28-18-30(25-11-9-22(20-39)10-12-25)43-32(42-28)26-15-13-24(14-16-26)27-6-4-5-23(17-27)19-38-33(40)34(35,36)37/h2-17,28,30,32,39H,18-21H2,1H3,(H,38,40). The highest BCUT2D eigenvalue weighted by Crippen LogP contribution is 2.41. The number of rotatable bonds is 10. The second kappa shape index (κ2) is 15.0. The Bertz CT molecular complexity index is 1550. The Morgan fingerprint density at radius 2 is 1.64 bits per heavy atom. The lowest BCUT2D eigenvalue weighted by molar-refractivity contribution is -0.245. The van der Waals surface area contributed by atoms with Crippen molar-refractivity contribution in [2.75, 3.05) is 12.9 Å². The van der Waals surface area contributed by atoms with Gasteiger partial charge in [-0.3, -0.25) is 4.79 Å². The van der Waals surface area contributed by atoms with Crippen molar-refractivity contribution in [1.82, 2.24) is 5.32 Å². The van der Waals surface area contributed by atoms with E-state index in [-0.39, 0.29) is 25.4 Å². The topological polar surface area (TPSA) is 77.0 Å². The number of aliphatic hydroxyl groups is 1. The van der Waals surface area contributed by atoms with Crippen molar-refractivity contribution < 1.29 is 24.1 Å². The molecular weight excluding hydrogens is 641 g/mol. The summed E-state index contributed by atoms with van der Waals surface area (Å²) in [6.07, 6.45) is -0.127. The number of nitrogens with one attached hydrogen (secondary N) is 1. The minimum Gasteiger partial charge on any atom is -0.496 e. The maximum atomic E-state index is 11.9. The number of para-hydroxylation sites is 1. The lowest BCUT2D eigenvalue weighted by Crippen LogP contribution is -2.33. The summed E-state index contributed by atoms with van der Waals surface area (Å²) in [7, 11) is 1.68. The van der Waals surface area contributed by atoms with Gasteiger partial charge in [-0.05, 0) is 46.0 Å². The number of alkyl halides is 3. The third-order valence-corrected chi connectivity index (χ3v) is 8.96. The van der Waals surface area contributed by atoms with Gasteiger partial charge in [-0.25, -0.2) is 0 Å². The average molecular weight is 673 g/mol. The lowest BCUT2D eigenvalue weighted by Gasteiger charge is -2.36. The highest BCUT2D eigenvalue weighted by molar-refractivity contribution is 7.99. The van der Waals surface area contributed by atoms with E-state index in [1.807, 2.05) is 97.1 Å². The monoisotopic (exact) mass is 671 g/mol. The maximum absolute atomic E-state index is 11.9. The first kappa shape index (κ1) is 32.6. The molecule has 230 valence electrons. The first-order chi connectivity index (χ1) is 21.2. The van der Waals surface area contributed by atoms with Crippen LogP contribution >= 0.6 is 46.6 Å². The number of ether oxygens (including phenoxy) is 3. The number of methoxy groups -OCH3 is 1. The van der Waals surface area contributed by atoms with Crippen LogP contribution in [-0.2, 0) is 27.4 Å². The van der Waals surface area contributed by atoms with E-state index in [0.29, 0.717) is 6.42 Å². The van der Waals surface area contributed by atoms with Crippen LogP contribution in [-0.4, -0.2) is 33.8 Å². The fourth-order valence-corrected chi connectivity index (χ4v) is 6.17. The molecule has 4 aromatic rings. The van der Waals surface area contributed by atoms with Gasteiger partial charge in [0.1, 0.15) is 5.75 Å². The van der Waals surface area contributed by atoms with E-state index < -0.39 is 16.0 Å². The molecule has 2 N–H and O–H groups in total. The maximum Gasteiger partial charge on any atom is 0.272 e. The number of amides is 1. The van der Waals surface area contributed by atoms with Crippen LogP contribution in [0.15, 0.2) is 102 Å². The summed E-state index contributed by atoms with van der Waals surface area (Å²) in [6, 6.07) is 31.7. The Morgan fingerprint density at radius 3 is 2.34 bits per heavy atom. The SMILES string of the molecule is COc1ccccc1SCC1CC(c2ccc(CO)cc2)OC(c2ccc(-c3cccc(CNC(=O)C(Cl)(Cl)Cl)c3)cc2)O1. The van der Waals surface area contributed by atoms with Crippen molar-refractivity contribution in [2.45, 2.75) is 46.8 Å². The van der Waals surface area contributed by atoms with E-state index in [2.05, 4.69) is 5.32 Å². The summed E-state index contributed by atoms with van der Waals surface area (Å²) in [5.74, 6) is 0.891. The first-order valence-electron chi connectivity index (χ1n) is 14.0. The third-order valence-electron chi connectivity index (χ3n) is 7.26. The molecule has 1 fully saturated rings. The van der Waals surface area contributed by atoms with Crippen molar-refractivity contribution in [3.8, 4) is 16.9 Å². The number of benzene rings is 4. The largest absolute Gasteiger partial charge is 0.496 e. The molecule has 0 aromatic heterocycles. The summed E-state index contributed by atoms with van der Waals surface area (Å²) in [6.45, 7) is 0.228. The van der Waals surface area contributed by atoms with Crippen LogP contribution in [0.3, 0.4) is 0 Å². The summed E-state index contributed by atoms with van der Waals surface area (Å²) in [5.41, 5.74) is 5.66. The Kier molecular flexibility index (Phi) is 11.1. The van der Waals surface area contributed by atoms with Crippen molar-refractivity contribution in [3.63, 3.8) is 0 Å². The van der Waals surface area contributed by atoms with Gasteiger partial charge in [-0.15, -0.1) is 11.8 Å². The van der Waals surface area contributed by atoms with Gasteiger partial charge in [0, 0.05) is 29.2 Å². The minimum absolute atomic E-state index is 0.00539. The Hall–Kier alpha value is -2.75. The third kappa shape index (κ3) is 8.49. The normalized spacial score (nSPS) is 18.5. The highest BCUT2D eigenvalue weighted by Gasteiger charge is 2.33. The molecule has 0 aliphatic carbocycles. The number of halogens is 3.